The van der Waals surface area contributed by atoms with E-state index in [1.54, 1.807) is 11.0 Å². The van der Waals surface area contributed by atoms with Gasteiger partial charge >= 0.3 is 11.9 Å². The first-order chi connectivity index (χ1) is 15.8. The van der Waals surface area contributed by atoms with Gasteiger partial charge in [0, 0.05) is 18.7 Å². The average molecular weight is 455 g/mol. The number of hydrogen-bond acceptors (Lipinski definition) is 7. The summed E-state index contributed by atoms with van der Waals surface area (Å²) in [6.45, 7) is 6.87. The third-order valence-corrected chi connectivity index (χ3v) is 7.94. The van der Waals surface area contributed by atoms with Gasteiger partial charge in [-0.1, -0.05) is 13.0 Å². The number of hydrogen-bond donors (Lipinski definition) is 1. The summed E-state index contributed by atoms with van der Waals surface area (Å²) in [5.74, 6) is -0.495. The van der Waals surface area contributed by atoms with Gasteiger partial charge < -0.3 is 24.4 Å². The minimum atomic E-state index is -0.672. The molecule has 176 valence electrons. The van der Waals surface area contributed by atoms with Gasteiger partial charge in [0.05, 0.1) is 28.4 Å². The SMILES string of the molecule is CCC1=C(N2CCC3(CCN(C[C@@H](O)c4ccc5c(c4C)COC5=O)CC3)C2=O)COC1=O. The third kappa shape index (κ3) is 3.56. The number of ether oxygens (including phenoxy) is 2. The topological polar surface area (TPSA) is 96.4 Å². The Bertz CT molecular complexity index is 1050. The average Bonchev–Trinajstić information content (AvgIpc) is 3.46. The molecular formula is C25H30N2O6. The fourth-order valence-corrected chi connectivity index (χ4v) is 5.79. The molecule has 2 fully saturated rings. The summed E-state index contributed by atoms with van der Waals surface area (Å²) in [5.41, 5.74) is 4.16. The number of aliphatic hydroxyl groups excluding tert-OH is 1. The summed E-state index contributed by atoms with van der Waals surface area (Å²) in [5, 5.41) is 10.9. The van der Waals surface area contributed by atoms with Gasteiger partial charge in [-0.05, 0) is 62.9 Å². The van der Waals surface area contributed by atoms with Crippen LogP contribution in [0.1, 0.15) is 65.8 Å². The fraction of sp³-hybridized carbons (Fsp3) is 0.560. The minimum Gasteiger partial charge on any atom is -0.457 e. The number of benzene rings is 1. The zero-order valence-corrected chi connectivity index (χ0v) is 19.2. The molecule has 1 amide bonds. The van der Waals surface area contributed by atoms with Gasteiger partial charge in [0.25, 0.3) is 0 Å². The van der Waals surface area contributed by atoms with Crippen molar-refractivity contribution in [1.29, 1.82) is 0 Å². The number of nitrogens with zero attached hydrogens (tertiary/aromatic N) is 2. The Labute approximate surface area is 193 Å². The number of aliphatic hydroxyl groups is 1. The molecule has 0 radical (unpaired) electrons. The number of carbonyl (C=O) groups excluding carboxylic acids is 3. The summed E-state index contributed by atoms with van der Waals surface area (Å²) in [4.78, 5) is 41.1. The number of amides is 1. The van der Waals surface area contributed by atoms with E-state index < -0.39 is 6.10 Å². The number of piperidine rings is 1. The highest BCUT2D eigenvalue weighted by Crippen LogP contribution is 2.44. The van der Waals surface area contributed by atoms with Crippen LogP contribution in [0.2, 0.25) is 0 Å². The molecule has 0 aliphatic carbocycles. The molecule has 4 aliphatic heterocycles. The number of esters is 2. The molecule has 8 nitrogen and oxygen atoms in total. The fourth-order valence-electron chi connectivity index (χ4n) is 5.79. The number of cyclic esters (lactones) is 2. The summed E-state index contributed by atoms with van der Waals surface area (Å²) in [6, 6.07) is 3.56. The molecule has 4 aliphatic rings. The molecule has 1 spiro atoms. The van der Waals surface area contributed by atoms with E-state index in [0.29, 0.717) is 30.6 Å². The lowest BCUT2D eigenvalue weighted by Crippen LogP contribution is -2.45. The zero-order valence-electron chi connectivity index (χ0n) is 19.2. The van der Waals surface area contributed by atoms with Crippen LogP contribution in [0.15, 0.2) is 23.4 Å². The van der Waals surface area contributed by atoms with Gasteiger partial charge in [-0.3, -0.25) is 4.79 Å². The second-order valence-corrected chi connectivity index (χ2v) is 9.54. The maximum absolute atomic E-state index is 13.4. The van der Waals surface area contributed by atoms with Crippen molar-refractivity contribution in [3.05, 3.63) is 45.7 Å². The number of carbonyl (C=O) groups is 3. The lowest BCUT2D eigenvalue weighted by Gasteiger charge is -2.38. The molecule has 0 bridgehead atoms. The summed E-state index contributed by atoms with van der Waals surface area (Å²) >= 11 is 0. The van der Waals surface area contributed by atoms with Crippen LogP contribution in [0.25, 0.3) is 0 Å². The molecule has 8 heteroatoms. The standard InChI is InChI=1S/C25H30N2O6/c1-3-16-20(14-33-22(16)29)27-11-8-25(24(27)31)6-9-26(10-7-25)12-21(28)17-4-5-18-19(15(17)2)13-32-23(18)30/h4-5,21,28H,3,6-14H2,1-2H3/t21-/m1/s1. The van der Waals surface area contributed by atoms with Crippen LogP contribution in [0, 0.1) is 12.3 Å². The number of likely N-dealkylation sites (tertiary alicyclic amines) is 2. The van der Waals surface area contributed by atoms with Crippen molar-refractivity contribution in [2.75, 3.05) is 32.8 Å². The Hall–Kier alpha value is -2.71. The molecule has 1 N–H and O–H groups in total. The zero-order chi connectivity index (χ0) is 23.3. The smallest absolute Gasteiger partial charge is 0.338 e. The number of fused-ring (bicyclic) bond motifs is 1. The van der Waals surface area contributed by atoms with Gasteiger partial charge in [0.2, 0.25) is 5.91 Å². The highest BCUT2D eigenvalue weighted by molar-refractivity contribution is 5.95. The summed E-state index contributed by atoms with van der Waals surface area (Å²) < 4.78 is 10.3. The quantitative estimate of drug-likeness (QED) is 0.682. The van der Waals surface area contributed by atoms with Crippen molar-refractivity contribution < 1.29 is 29.0 Å². The first-order valence-electron chi connectivity index (χ1n) is 11.8. The molecule has 1 aromatic rings. The van der Waals surface area contributed by atoms with E-state index in [4.69, 9.17) is 9.47 Å². The van der Waals surface area contributed by atoms with Crippen molar-refractivity contribution in [2.24, 2.45) is 5.41 Å². The van der Waals surface area contributed by atoms with E-state index in [1.165, 1.54) is 0 Å². The second kappa shape index (κ2) is 8.25. The lowest BCUT2D eigenvalue weighted by molar-refractivity contribution is -0.138. The van der Waals surface area contributed by atoms with Crippen molar-refractivity contribution in [1.82, 2.24) is 9.80 Å². The number of β-amino-alcohol motifs (C(OH)–C–C–N with tert-alkyl or cyclic N) is 1. The third-order valence-electron chi connectivity index (χ3n) is 7.94. The molecule has 33 heavy (non-hydrogen) atoms. The van der Waals surface area contributed by atoms with Gasteiger partial charge in [-0.25, -0.2) is 9.59 Å². The molecule has 0 saturated carbocycles. The highest BCUT2D eigenvalue weighted by Gasteiger charge is 2.50. The maximum Gasteiger partial charge on any atom is 0.338 e. The Balaban J connectivity index is 1.23. The first kappa shape index (κ1) is 22.1. The van der Waals surface area contributed by atoms with E-state index in [1.807, 2.05) is 19.9 Å². The Morgan fingerprint density at radius 1 is 1.03 bits per heavy atom. The van der Waals surface area contributed by atoms with Crippen molar-refractivity contribution in [2.45, 2.75) is 52.2 Å². The van der Waals surface area contributed by atoms with Gasteiger partial charge in [0.1, 0.15) is 13.2 Å². The van der Waals surface area contributed by atoms with Gasteiger partial charge in [0.15, 0.2) is 0 Å². The second-order valence-electron chi connectivity index (χ2n) is 9.54. The van der Waals surface area contributed by atoms with Crippen molar-refractivity contribution >= 4 is 17.8 Å². The molecule has 0 aromatic heterocycles. The molecular weight excluding hydrogens is 424 g/mol. The van der Waals surface area contributed by atoms with E-state index in [0.717, 1.165) is 54.7 Å². The van der Waals surface area contributed by atoms with Crippen LogP contribution in [-0.4, -0.2) is 65.5 Å². The normalized spacial score (nSPS) is 23.4. The van der Waals surface area contributed by atoms with Crippen LogP contribution in [0.5, 0.6) is 0 Å². The largest absolute Gasteiger partial charge is 0.457 e. The van der Waals surface area contributed by atoms with E-state index in [-0.39, 0.29) is 36.5 Å². The molecule has 5 rings (SSSR count). The summed E-state index contributed by atoms with van der Waals surface area (Å²) in [6.07, 6.45) is 2.16. The van der Waals surface area contributed by atoms with Crippen LogP contribution < -0.4 is 0 Å². The van der Waals surface area contributed by atoms with Crippen molar-refractivity contribution in [3.8, 4) is 0 Å². The predicted molar refractivity (Wildman–Crippen MR) is 118 cm³/mol. The maximum atomic E-state index is 13.4. The molecule has 2 saturated heterocycles. The van der Waals surface area contributed by atoms with Crippen LogP contribution in [0.3, 0.4) is 0 Å². The Morgan fingerprint density at radius 3 is 2.45 bits per heavy atom. The highest BCUT2D eigenvalue weighted by atomic mass is 16.5. The minimum absolute atomic E-state index is 0.112. The van der Waals surface area contributed by atoms with Crippen LogP contribution >= 0.6 is 0 Å². The molecule has 1 atom stereocenters. The van der Waals surface area contributed by atoms with E-state index in [9.17, 15) is 19.5 Å². The molecule has 4 heterocycles. The van der Waals surface area contributed by atoms with Gasteiger partial charge in [-0.15, -0.1) is 0 Å². The Kier molecular flexibility index (Phi) is 5.53. The van der Waals surface area contributed by atoms with Crippen LogP contribution in [-0.2, 0) is 25.7 Å². The first-order valence-corrected chi connectivity index (χ1v) is 11.8. The van der Waals surface area contributed by atoms with E-state index >= 15 is 0 Å². The predicted octanol–water partition coefficient (Wildman–Crippen LogP) is 2.23. The van der Waals surface area contributed by atoms with E-state index in [2.05, 4.69) is 4.90 Å². The van der Waals surface area contributed by atoms with Crippen LogP contribution in [0.4, 0.5) is 0 Å². The summed E-state index contributed by atoms with van der Waals surface area (Å²) in [7, 11) is 0. The molecule has 0 unspecified atom stereocenters. The lowest BCUT2D eigenvalue weighted by atomic mass is 9.77. The molecule has 1 aromatic carbocycles. The Morgan fingerprint density at radius 2 is 1.73 bits per heavy atom. The van der Waals surface area contributed by atoms with Gasteiger partial charge in [-0.2, -0.15) is 0 Å². The van der Waals surface area contributed by atoms with Crippen molar-refractivity contribution in [3.63, 3.8) is 0 Å². The number of rotatable bonds is 5. The monoisotopic (exact) mass is 454 g/mol.